The molecule has 0 fully saturated rings. The number of thiophene rings is 1. The van der Waals surface area contributed by atoms with E-state index in [0.29, 0.717) is 0 Å². The van der Waals surface area contributed by atoms with E-state index in [9.17, 15) is 0 Å². The number of hydrazine groups is 1. The van der Waals surface area contributed by atoms with E-state index in [-0.39, 0.29) is 6.04 Å². The standard InChI is InChI=1S/C14H18N2O3S/c1-17-10-6-9(7-11(8-10)18-2)13(16-15)14-12(19-3)4-5-20-14/h4-8,13,16H,15H2,1-3H3. The number of rotatable bonds is 6. The molecular formula is C14H18N2O3S. The van der Waals surface area contributed by atoms with Crippen molar-refractivity contribution < 1.29 is 14.2 Å². The first-order chi connectivity index (χ1) is 9.73. The maximum atomic E-state index is 5.72. The second-order valence-electron chi connectivity index (χ2n) is 4.10. The Hall–Kier alpha value is -1.76. The Bertz CT molecular complexity index is 549. The molecule has 1 heterocycles. The van der Waals surface area contributed by atoms with E-state index >= 15 is 0 Å². The minimum Gasteiger partial charge on any atom is -0.497 e. The first-order valence-corrected chi connectivity index (χ1v) is 6.92. The lowest BCUT2D eigenvalue weighted by molar-refractivity contribution is 0.391. The van der Waals surface area contributed by atoms with Gasteiger partial charge in [0.05, 0.1) is 32.2 Å². The molecule has 20 heavy (non-hydrogen) atoms. The third kappa shape index (κ3) is 2.87. The number of ether oxygens (including phenoxy) is 3. The molecule has 1 unspecified atom stereocenters. The van der Waals surface area contributed by atoms with Gasteiger partial charge in [0.15, 0.2) is 0 Å². The molecule has 0 spiro atoms. The second-order valence-corrected chi connectivity index (χ2v) is 5.05. The summed E-state index contributed by atoms with van der Waals surface area (Å²) in [6.07, 6.45) is 0. The Labute approximate surface area is 122 Å². The SMILES string of the molecule is COc1cc(OC)cc(C(NN)c2sccc2OC)c1. The van der Waals surface area contributed by atoms with Gasteiger partial charge >= 0.3 is 0 Å². The fourth-order valence-corrected chi connectivity index (χ4v) is 2.95. The van der Waals surface area contributed by atoms with Gasteiger partial charge in [0.1, 0.15) is 17.2 Å². The van der Waals surface area contributed by atoms with Crippen molar-refractivity contribution in [1.82, 2.24) is 5.43 Å². The number of methoxy groups -OCH3 is 3. The van der Waals surface area contributed by atoms with Crippen LogP contribution in [0.1, 0.15) is 16.5 Å². The molecule has 3 N–H and O–H groups in total. The van der Waals surface area contributed by atoms with Crippen LogP contribution >= 0.6 is 11.3 Å². The molecule has 1 atom stereocenters. The van der Waals surface area contributed by atoms with Crippen LogP contribution in [0.3, 0.4) is 0 Å². The quantitative estimate of drug-likeness (QED) is 0.632. The summed E-state index contributed by atoms with van der Waals surface area (Å²) in [7, 11) is 4.88. The summed E-state index contributed by atoms with van der Waals surface area (Å²) >= 11 is 1.58. The fraction of sp³-hybridized carbons (Fsp3) is 0.286. The number of hydrogen-bond donors (Lipinski definition) is 2. The van der Waals surface area contributed by atoms with Crippen molar-refractivity contribution in [3.05, 3.63) is 40.1 Å². The van der Waals surface area contributed by atoms with Gasteiger partial charge in [-0.15, -0.1) is 11.3 Å². The molecule has 5 nitrogen and oxygen atoms in total. The highest BCUT2D eigenvalue weighted by molar-refractivity contribution is 7.10. The van der Waals surface area contributed by atoms with E-state index in [1.165, 1.54) is 0 Å². The lowest BCUT2D eigenvalue weighted by Gasteiger charge is -2.18. The minimum atomic E-state index is -0.186. The van der Waals surface area contributed by atoms with Gasteiger partial charge in [-0.25, -0.2) is 5.43 Å². The first kappa shape index (κ1) is 14.6. The molecule has 108 valence electrons. The zero-order valence-electron chi connectivity index (χ0n) is 11.7. The number of benzene rings is 1. The van der Waals surface area contributed by atoms with E-state index < -0.39 is 0 Å². The van der Waals surface area contributed by atoms with E-state index in [0.717, 1.165) is 27.7 Å². The van der Waals surface area contributed by atoms with Crippen molar-refractivity contribution >= 4 is 11.3 Å². The largest absolute Gasteiger partial charge is 0.497 e. The average Bonchev–Trinajstić information content (AvgIpc) is 2.96. The highest BCUT2D eigenvalue weighted by Gasteiger charge is 2.20. The van der Waals surface area contributed by atoms with Crippen LogP contribution in [0.25, 0.3) is 0 Å². The van der Waals surface area contributed by atoms with E-state index in [2.05, 4.69) is 5.43 Å². The third-order valence-corrected chi connectivity index (χ3v) is 3.98. The highest BCUT2D eigenvalue weighted by Crippen LogP contribution is 2.36. The molecule has 0 aliphatic rings. The molecule has 6 heteroatoms. The summed E-state index contributed by atoms with van der Waals surface area (Å²) < 4.78 is 15.9. The number of nitrogens with two attached hydrogens (primary N) is 1. The smallest absolute Gasteiger partial charge is 0.134 e. The Morgan fingerprint density at radius 1 is 1.05 bits per heavy atom. The molecule has 2 aromatic rings. The molecule has 0 bridgehead atoms. The molecule has 0 aliphatic heterocycles. The summed E-state index contributed by atoms with van der Waals surface area (Å²) in [4.78, 5) is 1.00. The maximum Gasteiger partial charge on any atom is 0.134 e. The summed E-state index contributed by atoms with van der Waals surface area (Å²) in [5.41, 5.74) is 3.77. The molecule has 0 amide bonds. The molecular weight excluding hydrogens is 276 g/mol. The van der Waals surface area contributed by atoms with Crippen LogP contribution in [0.15, 0.2) is 29.6 Å². The fourth-order valence-electron chi connectivity index (χ4n) is 2.01. The van der Waals surface area contributed by atoms with Crippen LogP contribution in [0.2, 0.25) is 0 Å². The van der Waals surface area contributed by atoms with Crippen molar-refractivity contribution in [3.8, 4) is 17.2 Å². The summed E-state index contributed by atoms with van der Waals surface area (Å²) in [5, 5.41) is 1.97. The van der Waals surface area contributed by atoms with E-state index in [1.807, 2.05) is 29.6 Å². The molecule has 1 aromatic carbocycles. The Kier molecular flexibility index (Phi) is 4.84. The average molecular weight is 294 g/mol. The summed E-state index contributed by atoms with van der Waals surface area (Å²) in [6, 6.07) is 7.40. The normalized spacial score (nSPS) is 12.0. The van der Waals surface area contributed by atoms with Crippen molar-refractivity contribution in [2.45, 2.75) is 6.04 Å². The lowest BCUT2D eigenvalue weighted by Crippen LogP contribution is -2.28. The van der Waals surface area contributed by atoms with Gasteiger partial charge in [0.2, 0.25) is 0 Å². The third-order valence-electron chi connectivity index (χ3n) is 3.01. The molecule has 0 saturated carbocycles. The zero-order valence-corrected chi connectivity index (χ0v) is 12.5. The summed E-state index contributed by atoms with van der Waals surface area (Å²) in [5.74, 6) is 7.96. The van der Waals surface area contributed by atoms with Crippen LogP contribution in [0, 0.1) is 0 Å². The van der Waals surface area contributed by atoms with Crippen LogP contribution in [0.5, 0.6) is 17.2 Å². The predicted octanol–water partition coefficient (Wildman–Crippen LogP) is 2.33. The van der Waals surface area contributed by atoms with Crippen molar-refractivity contribution in [1.29, 1.82) is 0 Å². The molecule has 2 rings (SSSR count). The van der Waals surface area contributed by atoms with Gasteiger partial charge in [-0.05, 0) is 29.1 Å². The van der Waals surface area contributed by atoms with Gasteiger partial charge in [-0.3, -0.25) is 5.84 Å². The number of hydrogen-bond acceptors (Lipinski definition) is 6. The zero-order chi connectivity index (χ0) is 14.5. The summed E-state index contributed by atoms with van der Waals surface area (Å²) in [6.45, 7) is 0. The van der Waals surface area contributed by atoms with Crippen molar-refractivity contribution in [3.63, 3.8) is 0 Å². The van der Waals surface area contributed by atoms with Crippen LogP contribution in [-0.2, 0) is 0 Å². The van der Waals surface area contributed by atoms with Crippen molar-refractivity contribution in [2.24, 2.45) is 5.84 Å². The Morgan fingerprint density at radius 2 is 1.70 bits per heavy atom. The molecule has 1 aromatic heterocycles. The van der Waals surface area contributed by atoms with Gasteiger partial charge in [-0.1, -0.05) is 0 Å². The first-order valence-electron chi connectivity index (χ1n) is 6.04. The van der Waals surface area contributed by atoms with E-state index in [4.69, 9.17) is 20.1 Å². The van der Waals surface area contributed by atoms with Gasteiger partial charge in [-0.2, -0.15) is 0 Å². The van der Waals surface area contributed by atoms with Crippen LogP contribution < -0.4 is 25.5 Å². The number of nitrogens with one attached hydrogen (secondary N) is 1. The molecule has 0 aliphatic carbocycles. The second kappa shape index (κ2) is 6.60. The molecule has 0 radical (unpaired) electrons. The molecule has 0 saturated heterocycles. The maximum absolute atomic E-state index is 5.72. The monoisotopic (exact) mass is 294 g/mol. The van der Waals surface area contributed by atoms with Gasteiger partial charge in [0.25, 0.3) is 0 Å². The predicted molar refractivity (Wildman–Crippen MR) is 79.6 cm³/mol. The van der Waals surface area contributed by atoms with Crippen LogP contribution in [-0.4, -0.2) is 21.3 Å². The van der Waals surface area contributed by atoms with Crippen molar-refractivity contribution in [2.75, 3.05) is 21.3 Å². The van der Waals surface area contributed by atoms with Gasteiger partial charge in [0, 0.05) is 6.07 Å². The Morgan fingerprint density at radius 3 is 2.20 bits per heavy atom. The lowest BCUT2D eigenvalue weighted by atomic mass is 10.0. The minimum absolute atomic E-state index is 0.186. The van der Waals surface area contributed by atoms with Crippen LogP contribution in [0.4, 0.5) is 0 Å². The Balaban J connectivity index is 2.46. The highest BCUT2D eigenvalue weighted by atomic mass is 32.1. The van der Waals surface area contributed by atoms with Gasteiger partial charge < -0.3 is 14.2 Å². The van der Waals surface area contributed by atoms with E-state index in [1.54, 1.807) is 32.7 Å². The topological polar surface area (TPSA) is 65.7 Å².